The molecule has 29 heavy (non-hydrogen) atoms. The molecule has 9 heteroatoms. The summed E-state index contributed by atoms with van der Waals surface area (Å²) in [6.07, 6.45) is 1.45. The quantitative estimate of drug-likeness (QED) is 0.248. The van der Waals surface area contributed by atoms with Crippen molar-refractivity contribution in [1.82, 2.24) is 4.98 Å². The third kappa shape index (κ3) is 4.95. The normalized spacial score (nSPS) is 11.9. The molecule has 0 fully saturated rings. The summed E-state index contributed by atoms with van der Waals surface area (Å²) in [6, 6.07) is 5.59. The number of ketones is 1. The van der Waals surface area contributed by atoms with Gasteiger partial charge in [0.2, 0.25) is 5.78 Å². The maximum atomic E-state index is 12.6. The number of nitro benzene ring substituents is 1. The van der Waals surface area contributed by atoms with Crippen molar-refractivity contribution in [3.05, 3.63) is 68.5 Å². The highest BCUT2D eigenvalue weighted by molar-refractivity contribution is 6.04. The summed E-state index contributed by atoms with van der Waals surface area (Å²) in [5, 5.41) is 10.6. The average molecular weight is 400 g/mol. The molecule has 0 saturated heterocycles. The van der Waals surface area contributed by atoms with Crippen molar-refractivity contribution in [3.63, 3.8) is 0 Å². The molecular formula is C20H20N2O7. The zero-order chi connectivity index (χ0) is 21.7. The summed E-state index contributed by atoms with van der Waals surface area (Å²) in [6.45, 7) is 4.67. The number of aromatic amines is 1. The summed E-state index contributed by atoms with van der Waals surface area (Å²) in [4.78, 5) is 49.4. The monoisotopic (exact) mass is 400 g/mol. The van der Waals surface area contributed by atoms with Crippen molar-refractivity contribution in [1.29, 1.82) is 0 Å². The molecule has 0 unspecified atom stereocenters. The fourth-order valence-electron chi connectivity index (χ4n) is 2.75. The summed E-state index contributed by atoms with van der Waals surface area (Å²) in [5.41, 5.74) is 1.84. The molecule has 0 aliphatic carbocycles. The lowest BCUT2D eigenvalue weighted by Crippen LogP contribution is -2.24. The molecule has 0 radical (unpaired) electrons. The summed E-state index contributed by atoms with van der Waals surface area (Å²) < 4.78 is 9.83. The Morgan fingerprint density at radius 2 is 1.79 bits per heavy atom. The zero-order valence-corrected chi connectivity index (χ0v) is 16.3. The Hall–Kier alpha value is -3.75. The third-order valence-corrected chi connectivity index (χ3v) is 4.25. The fraction of sp³-hybridized carbons (Fsp3) is 0.250. The van der Waals surface area contributed by atoms with Gasteiger partial charge in [0.25, 0.3) is 5.69 Å². The number of hydrogen-bond acceptors (Lipinski definition) is 7. The van der Waals surface area contributed by atoms with E-state index in [-0.39, 0.29) is 16.9 Å². The van der Waals surface area contributed by atoms with Gasteiger partial charge < -0.3 is 14.5 Å². The number of rotatable bonds is 7. The van der Waals surface area contributed by atoms with Crippen molar-refractivity contribution >= 4 is 29.5 Å². The lowest BCUT2D eigenvalue weighted by molar-refractivity contribution is -0.384. The molecule has 2 rings (SSSR count). The lowest BCUT2D eigenvalue weighted by Gasteiger charge is -2.10. The number of H-pyrrole nitrogens is 1. The van der Waals surface area contributed by atoms with Crippen LogP contribution in [0.3, 0.4) is 0 Å². The number of aromatic nitrogens is 1. The van der Waals surface area contributed by atoms with E-state index in [9.17, 15) is 24.5 Å². The van der Waals surface area contributed by atoms with Crippen LogP contribution in [0.1, 0.15) is 44.6 Å². The van der Waals surface area contributed by atoms with Gasteiger partial charge in [0, 0.05) is 23.9 Å². The highest BCUT2D eigenvalue weighted by Gasteiger charge is 2.26. The molecule has 1 atom stereocenters. The second kappa shape index (κ2) is 8.96. The van der Waals surface area contributed by atoms with Crippen molar-refractivity contribution in [2.45, 2.75) is 26.9 Å². The molecule has 0 aliphatic heterocycles. The van der Waals surface area contributed by atoms with Gasteiger partial charge in [0.15, 0.2) is 6.10 Å². The summed E-state index contributed by atoms with van der Waals surface area (Å²) >= 11 is 0. The minimum Gasteiger partial charge on any atom is -0.465 e. The Kier molecular flexibility index (Phi) is 6.66. The zero-order valence-electron chi connectivity index (χ0n) is 16.3. The van der Waals surface area contributed by atoms with E-state index < -0.39 is 28.7 Å². The maximum absolute atomic E-state index is 12.6. The lowest BCUT2D eigenvalue weighted by atomic mass is 10.1. The number of esters is 2. The minimum absolute atomic E-state index is 0.0631. The van der Waals surface area contributed by atoms with E-state index in [1.165, 1.54) is 44.4 Å². The van der Waals surface area contributed by atoms with E-state index in [1.54, 1.807) is 13.8 Å². The molecular weight excluding hydrogens is 380 g/mol. The van der Waals surface area contributed by atoms with Crippen LogP contribution in [0.15, 0.2) is 30.3 Å². The Balaban J connectivity index is 2.06. The number of ether oxygens (including phenoxy) is 2. The van der Waals surface area contributed by atoms with Crippen LogP contribution >= 0.6 is 0 Å². The number of benzene rings is 1. The molecule has 0 aliphatic rings. The van der Waals surface area contributed by atoms with Crippen LogP contribution in [-0.2, 0) is 14.3 Å². The van der Waals surface area contributed by atoms with Gasteiger partial charge in [0.1, 0.15) is 0 Å². The van der Waals surface area contributed by atoms with E-state index in [0.29, 0.717) is 16.8 Å². The van der Waals surface area contributed by atoms with Gasteiger partial charge in [-0.15, -0.1) is 0 Å². The second-order valence-corrected chi connectivity index (χ2v) is 6.24. The molecule has 1 aromatic heterocycles. The first kappa shape index (κ1) is 21.5. The van der Waals surface area contributed by atoms with Gasteiger partial charge in [-0.1, -0.05) is 0 Å². The molecule has 152 valence electrons. The van der Waals surface area contributed by atoms with Crippen LogP contribution in [0.2, 0.25) is 0 Å². The molecule has 1 N–H and O–H groups in total. The number of nitrogens with zero attached hydrogens (tertiary/aromatic N) is 1. The molecule has 1 aromatic carbocycles. The van der Waals surface area contributed by atoms with Gasteiger partial charge in [-0.2, -0.15) is 0 Å². The fourth-order valence-corrected chi connectivity index (χ4v) is 2.75. The Morgan fingerprint density at radius 3 is 2.34 bits per heavy atom. The average Bonchev–Trinajstić information content (AvgIpc) is 2.99. The van der Waals surface area contributed by atoms with E-state index in [1.807, 2.05) is 0 Å². The van der Waals surface area contributed by atoms with E-state index in [0.717, 1.165) is 6.08 Å². The van der Waals surface area contributed by atoms with Gasteiger partial charge >= 0.3 is 11.9 Å². The number of methoxy groups -OCH3 is 1. The minimum atomic E-state index is -1.09. The molecule has 0 spiro atoms. The standard InChI is InChI=1S/C20H20N2O7/c1-11-17(20(25)28-4)12(2)21-18(11)19(24)13(3)29-16(23)10-7-14-5-8-15(9-6-14)22(26)27/h5-10,13,21H,1-4H3/b10-7+/t13-/m1/s1. The number of nitro groups is 1. The number of nitrogens with one attached hydrogen (secondary N) is 1. The van der Waals surface area contributed by atoms with Crippen LogP contribution in [0.4, 0.5) is 5.69 Å². The van der Waals surface area contributed by atoms with Crippen LogP contribution in [-0.4, -0.2) is 40.8 Å². The first-order valence-corrected chi connectivity index (χ1v) is 8.60. The van der Waals surface area contributed by atoms with Crippen LogP contribution in [0.25, 0.3) is 6.08 Å². The van der Waals surface area contributed by atoms with Crippen LogP contribution in [0.5, 0.6) is 0 Å². The van der Waals surface area contributed by atoms with Crippen molar-refractivity contribution in [3.8, 4) is 0 Å². The topological polar surface area (TPSA) is 129 Å². The third-order valence-electron chi connectivity index (χ3n) is 4.25. The Labute approximate surface area is 166 Å². The number of Topliss-reactive ketones (excluding diaryl/α,β-unsaturated/α-hetero) is 1. The Morgan fingerprint density at radius 1 is 1.17 bits per heavy atom. The number of carbonyl (C=O) groups is 3. The Bertz CT molecular complexity index is 987. The molecule has 9 nitrogen and oxygen atoms in total. The number of hydrogen-bond donors (Lipinski definition) is 1. The van der Waals surface area contributed by atoms with Gasteiger partial charge in [-0.05, 0) is 50.1 Å². The largest absolute Gasteiger partial charge is 0.465 e. The van der Waals surface area contributed by atoms with Crippen molar-refractivity contribution in [2.24, 2.45) is 0 Å². The first-order valence-electron chi connectivity index (χ1n) is 8.60. The summed E-state index contributed by atoms with van der Waals surface area (Å²) in [7, 11) is 1.25. The smallest absolute Gasteiger partial charge is 0.339 e. The predicted octanol–water partition coefficient (Wildman–Crippen LogP) is 3.15. The molecule has 0 bridgehead atoms. The van der Waals surface area contributed by atoms with Crippen LogP contribution < -0.4 is 0 Å². The molecule has 0 amide bonds. The summed E-state index contributed by atoms with van der Waals surface area (Å²) in [5.74, 6) is -1.80. The SMILES string of the molecule is COC(=O)c1c(C)[nH]c(C(=O)[C@@H](C)OC(=O)/C=C/c2ccc([N+](=O)[O-])cc2)c1C. The first-order chi connectivity index (χ1) is 13.6. The highest BCUT2D eigenvalue weighted by Crippen LogP contribution is 2.21. The van der Waals surface area contributed by atoms with Crippen molar-refractivity contribution in [2.75, 3.05) is 7.11 Å². The number of aryl methyl sites for hydroxylation is 1. The van der Waals surface area contributed by atoms with E-state index in [4.69, 9.17) is 9.47 Å². The van der Waals surface area contributed by atoms with Gasteiger partial charge in [-0.25, -0.2) is 9.59 Å². The number of carbonyl (C=O) groups excluding carboxylic acids is 3. The predicted molar refractivity (Wildman–Crippen MR) is 104 cm³/mol. The van der Waals surface area contributed by atoms with Gasteiger partial charge in [0.05, 0.1) is 23.3 Å². The van der Waals surface area contributed by atoms with Crippen molar-refractivity contribution < 1.29 is 28.8 Å². The number of non-ortho nitro benzene ring substituents is 1. The molecule has 0 saturated carbocycles. The molecule has 1 heterocycles. The van der Waals surface area contributed by atoms with E-state index in [2.05, 4.69) is 4.98 Å². The van der Waals surface area contributed by atoms with Gasteiger partial charge in [-0.3, -0.25) is 14.9 Å². The molecule has 2 aromatic rings. The second-order valence-electron chi connectivity index (χ2n) is 6.24. The van der Waals surface area contributed by atoms with Crippen LogP contribution in [0, 0.1) is 24.0 Å². The van der Waals surface area contributed by atoms with E-state index >= 15 is 0 Å². The highest BCUT2D eigenvalue weighted by atomic mass is 16.6. The maximum Gasteiger partial charge on any atom is 0.339 e.